The Morgan fingerprint density at radius 3 is 2.44 bits per heavy atom. The highest BCUT2D eigenvalue weighted by Crippen LogP contribution is 2.32. The normalized spacial score (nSPS) is 16.4. The number of rotatable bonds is 9. The van der Waals surface area contributed by atoms with Gasteiger partial charge in [0.2, 0.25) is 11.8 Å². The van der Waals surface area contributed by atoms with Crippen molar-refractivity contribution < 1.29 is 14.4 Å². The lowest BCUT2D eigenvalue weighted by atomic mass is 10.1. The summed E-state index contributed by atoms with van der Waals surface area (Å²) in [6.45, 7) is 4.02. The van der Waals surface area contributed by atoms with E-state index in [1.165, 1.54) is 24.2 Å². The van der Waals surface area contributed by atoms with Crippen LogP contribution in [0.2, 0.25) is 0 Å². The number of nitrogens with zero attached hydrogens (tertiary/aromatic N) is 3. The van der Waals surface area contributed by atoms with Gasteiger partial charge in [-0.1, -0.05) is 36.9 Å². The summed E-state index contributed by atoms with van der Waals surface area (Å²) in [5.41, 5.74) is 4.02. The van der Waals surface area contributed by atoms with Crippen LogP contribution in [0.1, 0.15) is 41.9 Å². The molecule has 0 aliphatic carbocycles. The number of hydrogen-bond acceptors (Lipinski definition) is 6. The number of carbonyl (C=O) groups excluding carboxylic acids is 3. The third kappa shape index (κ3) is 6.46. The third-order valence-electron chi connectivity index (χ3n) is 5.85. The second-order valence-corrected chi connectivity index (χ2v) is 9.64. The van der Waals surface area contributed by atoms with Gasteiger partial charge in [-0.3, -0.25) is 24.3 Å². The Labute approximate surface area is 215 Å². The van der Waals surface area contributed by atoms with Crippen molar-refractivity contribution in [3.8, 4) is 0 Å². The molecule has 1 aromatic heterocycles. The van der Waals surface area contributed by atoms with Crippen LogP contribution in [0.15, 0.2) is 77.9 Å². The first-order valence-electron chi connectivity index (χ1n) is 11.9. The van der Waals surface area contributed by atoms with Gasteiger partial charge in [0.15, 0.2) is 11.0 Å². The second-order valence-electron chi connectivity index (χ2n) is 8.47. The van der Waals surface area contributed by atoms with E-state index in [0.29, 0.717) is 29.4 Å². The summed E-state index contributed by atoms with van der Waals surface area (Å²) in [4.78, 5) is 48.3. The average Bonchev–Trinajstić information content (AvgIpc) is 3.17. The smallest absolute Gasteiger partial charge is 0.242 e. The highest BCUT2D eigenvalue weighted by atomic mass is 32.2. The minimum absolute atomic E-state index is 0.0197. The summed E-state index contributed by atoms with van der Waals surface area (Å²) in [5, 5.41) is 2.84. The number of aliphatic imine (C=N–C) groups is 1. The number of pyridine rings is 1. The minimum Gasteiger partial charge on any atom is -0.326 e. The van der Waals surface area contributed by atoms with Crippen LogP contribution >= 0.6 is 11.8 Å². The van der Waals surface area contributed by atoms with E-state index in [1.807, 2.05) is 42.5 Å². The Morgan fingerprint density at radius 1 is 1.06 bits per heavy atom. The molecule has 0 spiro atoms. The Balaban J connectivity index is 1.48. The quantitative estimate of drug-likeness (QED) is 0.415. The molecule has 1 aliphatic heterocycles. The topological polar surface area (TPSA) is 91.7 Å². The zero-order chi connectivity index (χ0) is 25.5. The fourth-order valence-corrected chi connectivity index (χ4v) is 4.97. The summed E-state index contributed by atoms with van der Waals surface area (Å²) >= 11 is 1.31. The predicted molar refractivity (Wildman–Crippen MR) is 144 cm³/mol. The van der Waals surface area contributed by atoms with Crippen LogP contribution in [0, 0.1) is 0 Å². The number of thioether (sulfide) groups is 1. The molecular weight excluding hydrogens is 472 g/mol. The molecule has 2 amide bonds. The van der Waals surface area contributed by atoms with Gasteiger partial charge < -0.3 is 5.32 Å². The van der Waals surface area contributed by atoms with Gasteiger partial charge >= 0.3 is 0 Å². The van der Waals surface area contributed by atoms with Crippen LogP contribution in [0.4, 0.5) is 11.4 Å². The molecule has 1 saturated heterocycles. The van der Waals surface area contributed by atoms with Gasteiger partial charge in [0.25, 0.3) is 0 Å². The van der Waals surface area contributed by atoms with E-state index in [9.17, 15) is 14.4 Å². The fraction of sp³-hybridized carbons (Fsp3) is 0.250. The summed E-state index contributed by atoms with van der Waals surface area (Å²) in [7, 11) is 0. The molecular formula is C28H28N4O3S. The second kappa shape index (κ2) is 11.8. The lowest BCUT2D eigenvalue weighted by molar-refractivity contribution is -0.128. The van der Waals surface area contributed by atoms with Crippen molar-refractivity contribution in [1.82, 2.24) is 9.88 Å². The molecule has 8 heteroatoms. The third-order valence-corrected chi connectivity index (χ3v) is 7.03. The number of hydrogen-bond donors (Lipinski definition) is 1. The predicted octanol–water partition coefficient (Wildman–Crippen LogP) is 5.05. The number of amidine groups is 1. The number of nitrogens with one attached hydrogen (secondary N) is 1. The zero-order valence-corrected chi connectivity index (χ0v) is 21.1. The van der Waals surface area contributed by atoms with Crippen molar-refractivity contribution in [2.75, 3.05) is 11.9 Å². The van der Waals surface area contributed by atoms with Crippen molar-refractivity contribution in [2.24, 2.45) is 4.99 Å². The van der Waals surface area contributed by atoms with Gasteiger partial charge in [-0.25, -0.2) is 4.99 Å². The number of carbonyl (C=O) groups is 3. The molecule has 1 N–H and O–H groups in total. The van der Waals surface area contributed by atoms with Crippen molar-refractivity contribution in [3.63, 3.8) is 0 Å². The van der Waals surface area contributed by atoms with Crippen molar-refractivity contribution >= 4 is 45.9 Å². The number of aromatic nitrogens is 1. The zero-order valence-electron chi connectivity index (χ0n) is 20.3. The SMILES string of the molecule is CCc1ccc(N=C2S[C@H](CC(=O)Nc3ccc(C(C)=O)cc3)C(=O)N2CCc2ccccn2)cc1. The minimum atomic E-state index is -0.570. The average molecular weight is 501 g/mol. The number of ketones is 1. The van der Waals surface area contributed by atoms with E-state index in [-0.39, 0.29) is 24.0 Å². The van der Waals surface area contributed by atoms with E-state index in [4.69, 9.17) is 4.99 Å². The monoisotopic (exact) mass is 500 g/mol. The summed E-state index contributed by atoms with van der Waals surface area (Å²) < 4.78 is 0. The van der Waals surface area contributed by atoms with Crippen LogP contribution in [-0.4, -0.2) is 44.4 Å². The van der Waals surface area contributed by atoms with Gasteiger partial charge in [-0.05, 0) is 67.4 Å². The molecule has 2 aromatic carbocycles. The highest BCUT2D eigenvalue weighted by Gasteiger charge is 2.39. The maximum Gasteiger partial charge on any atom is 0.242 e. The Hall–Kier alpha value is -3.78. The summed E-state index contributed by atoms with van der Waals surface area (Å²) in [5.74, 6) is -0.445. The number of aryl methyl sites for hydroxylation is 1. The maximum atomic E-state index is 13.3. The van der Waals surface area contributed by atoms with Crippen molar-refractivity contribution in [3.05, 3.63) is 89.7 Å². The molecule has 0 unspecified atom stereocenters. The van der Waals surface area contributed by atoms with Crippen molar-refractivity contribution in [2.45, 2.75) is 38.4 Å². The summed E-state index contributed by atoms with van der Waals surface area (Å²) in [6.07, 6.45) is 3.28. The van der Waals surface area contributed by atoms with Gasteiger partial charge in [-0.15, -0.1) is 0 Å². The van der Waals surface area contributed by atoms with Gasteiger partial charge in [0, 0.05) is 42.5 Å². The fourth-order valence-electron chi connectivity index (χ4n) is 3.79. The number of amides is 2. The van der Waals surface area contributed by atoms with Gasteiger partial charge in [0.1, 0.15) is 5.25 Å². The van der Waals surface area contributed by atoms with Gasteiger partial charge in [-0.2, -0.15) is 0 Å². The summed E-state index contributed by atoms with van der Waals surface area (Å²) in [6, 6.07) is 20.4. The highest BCUT2D eigenvalue weighted by molar-refractivity contribution is 8.15. The first-order chi connectivity index (χ1) is 17.4. The Morgan fingerprint density at radius 2 is 1.81 bits per heavy atom. The molecule has 0 bridgehead atoms. The molecule has 1 atom stereocenters. The number of benzene rings is 2. The molecule has 7 nitrogen and oxygen atoms in total. The molecule has 36 heavy (non-hydrogen) atoms. The van der Waals surface area contributed by atoms with Crippen molar-refractivity contribution in [1.29, 1.82) is 0 Å². The molecule has 0 radical (unpaired) electrons. The maximum absolute atomic E-state index is 13.3. The lowest BCUT2D eigenvalue weighted by Gasteiger charge is -2.16. The van der Waals surface area contributed by atoms with E-state index in [1.54, 1.807) is 35.4 Å². The molecule has 0 saturated carbocycles. The van der Waals surface area contributed by atoms with Crippen LogP contribution in [0.3, 0.4) is 0 Å². The molecule has 184 valence electrons. The van der Waals surface area contributed by atoms with Crippen LogP contribution < -0.4 is 5.32 Å². The number of anilines is 1. The van der Waals surface area contributed by atoms with Crippen LogP contribution in [0.25, 0.3) is 0 Å². The molecule has 4 rings (SSSR count). The van der Waals surface area contributed by atoms with E-state index < -0.39 is 5.25 Å². The lowest BCUT2D eigenvalue weighted by Crippen LogP contribution is -2.35. The first-order valence-corrected chi connectivity index (χ1v) is 12.8. The standard InChI is InChI=1S/C28H28N4O3S/c1-3-20-7-11-24(12-8-20)31-28-32(17-15-22-6-4-5-16-29-22)27(35)25(36-28)18-26(34)30-23-13-9-21(10-14-23)19(2)33/h4-14,16,25H,3,15,17-18H2,1-2H3,(H,30,34)/t25-/m1/s1. The van der Waals surface area contributed by atoms with E-state index in [2.05, 4.69) is 17.2 Å². The van der Waals surface area contributed by atoms with Gasteiger partial charge in [0.05, 0.1) is 5.69 Å². The molecule has 3 aromatic rings. The largest absolute Gasteiger partial charge is 0.326 e. The van der Waals surface area contributed by atoms with E-state index >= 15 is 0 Å². The Bertz CT molecular complexity index is 1260. The molecule has 1 fully saturated rings. The van der Waals surface area contributed by atoms with Crippen LogP contribution in [0.5, 0.6) is 0 Å². The van der Waals surface area contributed by atoms with Crippen LogP contribution in [-0.2, 0) is 22.4 Å². The molecule has 1 aliphatic rings. The number of Topliss-reactive ketones (excluding diaryl/α,β-unsaturated/α-hetero) is 1. The molecule has 2 heterocycles. The Kier molecular flexibility index (Phi) is 8.28. The van der Waals surface area contributed by atoms with E-state index in [0.717, 1.165) is 17.8 Å². The first kappa shape index (κ1) is 25.3.